The van der Waals surface area contributed by atoms with E-state index >= 15 is 0 Å². The van der Waals surface area contributed by atoms with Gasteiger partial charge in [0.2, 0.25) is 15.9 Å². The Bertz CT molecular complexity index is 490. The second kappa shape index (κ2) is 7.97. The minimum absolute atomic E-state index is 0.0472. The maximum absolute atomic E-state index is 12.7. The Morgan fingerprint density at radius 2 is 1.57 bits per heavy atom. The van der Waals surface area contributed by atoms with Gasteiger partial charge in [0.1, 0.15) is 0 Å². The first-order chi connectivity index (χ1) is 10.8. The van der Waals surface area contributed by atoms with Gasteiger partial charge in [0, 0.05) is 25.0 Å². The first kappa shape index (κ1) is 18.7. The molecule has 1 saturated carbocycles. The molecule has 0 aromatic heterocycles. The molecule has 5 nitrogen and oxygen atoms in total. The van der Waals surface area contributed by atoms with E-state index < -0.39 is 10.0 Å². The fourth-order valence-corrected chi connectivity index (χ4v) is 5.53. The third-order valence-corrected chi connectivity index (χ3v) is 7.93. The highest BCUT2D eigenvalue weighted by Crippen LogP contribution is 2.29. The van der Waals surface area contributed by atoms with Crippen molar-refractivity contribution in [3.8, 4) is 0 Å². The predicted octanol–water partition coefficient (Wildman–Crippen LogP) is 2.52. The number of hydrogen-bond donors (Lipinski definition) is 1. The van der Waals surface area contributed by atoms with E-state index in [-0.39, 0.29) is 23.1 Å². The van der Waals surface area contributed by atoms with Crippen molar-refractivity contribution >= 4 is 15.9 Å². The van der Waals surface area contributed by atoms with Crippen LogP contribution in [0.1, 0.15) is 65.7 Å². The van der Waals surface area contributed by atoms with Crippen LogP contribution in [0.15, 0.2) is 0 Å². The molecule has 1 saturated heterocycles. The van der Waals surface area contributed by atoms with E-state index in [1.165, 1.54) is 0 Å². The SMILES string of the molecule is CC(C)[C@H](C)NC(=O)C1CCN(S(=O)(=O)C2CCCCC2)CC1. The molecule has 23 heavy (non-hydrogen) atoms. The first-order valence-corrected chi connectivity index (χ1v) is 10.6. The lowest BCUT2D eigenvalue weighted by Crippen LogP contribution is -2.48. The highest BCUT2D eigenvalue weighted by molar-refractivity contribution is 7.89. The van der Waals surface area contributed by atoms with Crippen molar-refractivity contribution < 1.29 is 13.2 Å². The van der Waals surface area contributed by atoms with Crippen molar-refractivity contribution in [1.29, 1.82) is 0 Å². The number of nitrogens with one attached hydrogen (secondary N) is 1. The molecule has 2 fully saturated rings. The van der Waals surface area contributed by atoms with Crippen molar-refractivity contribution in [2.24, 2.45) is 11.8 Å². The van der Waals surface area contributed by atoms with E-state index in [4.69, 9.17) is 0 Å². The van der Waals surface area contributed by atoms with E-state index in [9.17, 15) is 13.2 Å². The van der Waals surface area contributed by atoms with Crippen molar-refractivity contribution in [3.05, 3.63) is 0 Å². The van der Waals surface area contributed by atoms with Gasteiger partial charge in [-0.25, -0.2) is 12.7 Å². The van der Waals surface area contributed by atoms with Gasteiger partial charge in [0.05, 0.1) is 5.25 Å². The molecule has 0 unspecified atom stereocenters. The Morgan fingerprint density at radius 1 is 1.00 bits per heavy atom. The Balaban J connectivity index is 1.86. The van der Waals surface area contributed by atoms with Crippen LogP contribution in [0.5, 0.6) is 0 Å². The van der Waals surface area contributed by atoms with Crippen LogP contribution in [0.4, 0.5) is 0 Å². The van der Waals surface area contributed by atoms with Gasteiger partial charge in [-0.1, -0.05) is 33.1 Å². The minimum Gasteiger partial charge on any atom is -0.353 e. The van der Waals surface area contributed by atoms with Gasteiger partial charge < -0.3 is 5.32 Å². The van der Waals surface area contributed by atoms with Gasteiger partial charge in [-0.2, -0.15) is 0 Å². The predicted molar refractivity (Wildman–Crippen MR) is 92.5 cm³/mol. The average Bonchev–Trinajstić information content (AvgIpc) is 2.55. The fraction of sp³-hybridized carbons (Fsp3) is 0.941. The Hall–Kier alpha value is -0.620. The van der Waals surface area contributed by atoms with Crippen LogP contribution < -0.4 is 5.32 Å². The molecular weight excluding hydrogens is 312 g/mol. The van der Waals surface area contributed by atoms with E-state index in [1.54, 1.807) is 4.31 Å². The number of amides is 1. The van der Waals surface area contributed by atoms with Crippen molar-refractivity contribution in [3.63, 3.8) is 0 Å². The second-order valence-electron chi connectivity index (χ2n) is 7.52. The minimum atomic E-state index is -3.17. The maximum Gasteiger partial charge on any atom is 0.223 e. The quantitative estimate of drug-likeness (QED) is 0.833. The van der Waals surface area contributed by atoms with Crippen LogP contribution in [-0.4, -0.2) is 43.0 Å². The number of rotatable bonds is 5. The molecule has 0 aromatic carbocycles. The van der Waals surface area contributed by atoms with Crippen LogP contribution in [0.2, 0.25) is 0 Å². The molecular formula is C17H32N2O3S. The molecule has 6 heteroatoms. The maximum atomic E-state index is 12.7. The summed E-state index contributed by atoms with van der Waals surface area (Å²) in [5.41, 5.74) is 0. The van der Waals surface area contributed by atoms with Crippen LogP contribution in [0.3, 0.4) is 0 Å². The van der Waals surface area contributed by atoms with Crippen LogP contribution in [0, 0.1) is 11.8 Å². The monoisotopic (exact) mass is 344 g/mol. The molecule has 1 aliphatic heterocycles. The summed E-state index contributed by atoms with van der Waals surface area (Å²) in [6.45, 7) is 7.18. The summed E-state index contributed by atoms with van der Waals surface area (Å²) in [4.78, 5) is 12.3. The fourth-order valence-electron chi connectivity index (χ4n) is 3.46. The highest BCUT2D eigenvalue weighted by atomic mass is 32.2. The molecule has 1 N–H and O–H groups in total. The smallest absolute Gasteiger partial charge is 0.223 e. The van der Waals surface area contributed by atoms with Crippen LogP contribution in [0.25, 0.3) is 0 Å². The lowest BCUT2D eigenvalue weighted by atomic mass is 9.96. The molecule has 1 atom stereocenters. The standard InChI is InChI=1S/C17H32N2O3S/c1-13(2)14(3)18-17(20)15-9-11-19(12-10-15)23(21,22)16-7-5-4-6-8-16/h13-16H,4-12H2,1-3H3,(H,18,20)/t14-/m0/s1. The molecule has 1 amide bonds. The summed E-state index contributed by atoms with van der Waals surface area (Å²) in [5, 5.41) is 2.87. The summed E-state index contributed by atoms with van der Waals surface area (Å²) in [7, 11) is -3.17. The average molecular weight is 345 g/mol. The summed E-state index contributed by atoms with van der Waals surface area (Å²) in [6.07, 6.45) is 6.09. The molecule has 2 rings (SSSR count). The van der Waals surface area contributed by atoms with E-state index in [0.29, 0.717) is 31.8 Å². The Morgan fingerprint density at radius 3 is 2.09 bits per heavy atom. The van der Waals surface area contributed by atoms with Gasteiger partial charge in [0.25, 0.3) is 0 Å². The molecule has 0 bridgehead atoms. The van der Waals surface area contributed by atoms with E-state index in [0.717, 1.165) is 32.1 Å². The summed E-state index contributed by atoms with van der Waals surface area (Å²) >= 11 is 0. The zero-order chi connectivity index (χ0) is 17.0. The number of carbonyl (C=O) groups is 1. The van der Waals surface area contributed by atoms with Gasteiger partial charge in [-0.15, -0.1) is 0 Å². The topological polar surface area (TPSA) is 66.5 Å². The highest BCUT2D eigenvalue weighted by Gasteiger charge is 2.36. The normalized spacial score (nSPS) is 23.8. The van der Waals surface area contributed by atoms with Crippen LogP contribution >= 0.6 is 0 Å². The van der Waals surface area contributed by atoms with Gasteiger partial charge in [-0.3, -0.25) is 4.79 Å². The third kappa shape index (κ3) is 4.69. The lowest BCUT2D eigenvalue weighted by Gasteiger charge is -2.34. The molecule has 0 radical (unpaired) electrons. The summed E-state index contributed by atoms with van der Waals surface area (Å²) < 4.78 is 27.1. The van der Waals surface area contributed by atoms with Crippen LogP contribution in [-0.2, 0) is 14.8 Å². The van der Waals surface area contributed by atoms with Crippen molar-refractivity contribution in [1.82, 2.24) is 9.62 Å². The number of sulfonamides is 1. The third-order valence-electron chi connectivity index (χ3n) is 5.53. The Labute approximate surface area is 141 Å². The number of piperidine rings is 1. The molecule has 2 aliphatic rings. The van der Waals surface area contributed by atoms with Gasteiger partial charge in [0.15, 0.2) is 0 Å². The number of hydrogen-bond acceptors (Lipinski definition) is 3. The second-order valence-corrected chi connectivity index (χ2v) is 9.73. The number of carbonyl (C=O) groups excluding carboxylic acids is 1. The van der Waals surface area contributed by atoms with E-state index in [2.05, 4.69) is 19.2 Å². The van der Waals surface area contributed by atoms with Gasteiger partial charge >= 0.3 is 0 Å². The molecule has 1 aliphatic carbocycles. The number of nitrogens with zero attached hydrogens (tertiary/aromatic N) is 1. The summed E-state index contributed by atoms with van der Waals surface area (Å²) in [6, 6.07) is 0.159. The van der Waals surface area contributed by atoms with Crippen molar-refractivity contribution in [2.45, 2.75) is 77.0 Å². The lowest BCUT2D eigenvalue weighted by molar-refractivity contribution is -0.127. The largest absolute Gasteiger partial charge is 0.353 e. The molecule has 134 valence electrons. The Kier molecular flexibility index (Phi) is 6.48. The van der Waals surface area contributed by atoms with Gasteiger partial charge in [-0.05, 0) is 38.5 Å². The summed E-state index contributed by atoms with van der Waals surface area (Å²) in [5.74, 6) is 0.445. The molecule has 1 heterocycles. The van der Waals surface area contributed by atoms with E-state index in [1.807, 2.05) is 6.92 Å². The zero-order valence-corrected chi connectivity index (χ0v) is 15.6. The first-order valence-electron chi connectivity index (χ1n) is 9.11. The zero-order valence-electron chi connectivity index (χ0n) is 14.8. The molecule has 0 spiro atoms. The molecule has 0 aromatic rings. The van der Waals surface area contributed by atoms with Crippen molar-refractivity contribution in [2.75, 3.05) is 13.1 Å².